The highest BCUT2D eigenvalue weighted by Crippen LogP contribution is 2.09. The number of hydrogen-bond donors (Lipinski definition) is 0. The lowest BCUT2D eigenvalue weighted by molar-refractivity contribution is -0.140. The lowest BCUT2D eigenvalue weighted by atomic mass is 10.0. The number of allylic oxidation sites excluding steroid dienone is 3. The molecule has 1 atom stereocenters. The van der Waals surface area contributed by atoms with Crippen molar-refractivity contribution < 1.29 is 14.3 Å². The van der Waals surface area contributed by atoms with Crippen molar-refractivity contribution in [2.45, 2.75) is 13.3 Å². The third-order valence-corrected chi connectivity index (χ3v) is 1.50. The summed E-state index contributed by atoms with van der Waals surface area (Å²) in [5, 5.41) is 0. The average Bonchev–Trinajstić information content (AvgIpc) is 2.20. The summed E-state index contributed by atoms with van der Waals surface area (Å²) in [5.74, 6) is -0.692. The molecule has 0 heterocycles. The summed E-state index contributed by atoms with van der Waals surface area (Å²) < 4.78 is 7.91. The minimum absolute atomic E-state index is 0.152. The van der Waals surface area contributed by atoms with Gasteiger partial charge in [0.1, 0.15) is 5.57 Å². The minimum Gasteiger partial charge on any atom is -0.462 e. The van der Waals surface area contributed by atoms with E-state index in [2.05, 4.69) is 27.7 Å². The van der Waals surface area contributed by atoms with Crippen LogP contribution in [0.2, 0.25) is 0 Å². The average molecular weight is 245 g/mol. The highest BCUT2D eigenvalue weighted by atomic mass is 31.1. The monoisotopic (exact) mass is 245 g/mol. The van der Waals surface area contributed by atoms with E-state index in [1.807, 2.05) is 0 Å². The third-order valence-electron chi connectivity index (χ3n) is 1.50. The number of nitrogens with zero attached hydrogens (tertiary/aromatic N) is 1. The van der Waals surface area contributed by atoms with Crippen molar-refractivity contribution in [2.75, 3.05) is 6.61 Å². The molecule has 0 aromatic rings. The SMILES string of the molecule is CCOC(=O)C1=CC=CCC1=O.P=NP. The molecule has 6 heteroatoms. The third kappa shape index (κ3) is 5.56. The Bertz CT molecular complexity index is 310. The van der Waals surface area contributed by atoms with Crippen LogP contribution in [0.15, 0.2) is 28.3 Å². The van der Waals surface area contributed by atoms with Crippen molar-refractivity contribution in [3.63, 3.8) is 0 Å². The molecular weight excluding hydrogens is 232 g/mol. The smallest absolute Gasteiger partial charge is 0.341 e. The van der Waals surface area contributed by atoms with Gasteiger partial charge in [-0.25, -0.2) is 4.79 Å². The summed E-state index contributed by atoms with van der Waals surface area (Å²) in [5.41, 5.74) is 0.152. The molecule has 1 rings (SSSR count). The summed E-state index contributed by atoms with van der Waals surface area (Å²) in [4.78, 5) is 22.2. The topological polar surface area (TPSA) is 55.7 Å². The van der Waals surface area contributed by atoms with Gasteiger partial charge in [0.05, 0.1) is 6.61 Å². The molecule has 1 unspecified atom stereocenters. The van der Waals surface area contributed by atoms with Crippen LogP contribution in [-0.2, 0) is 14.3 Å². The number of carbonyl (C=O) groups is 2. The molecule has 1 aliphatic rings. The van der Waals surface area contributed by atoms with Gasteiger partial charge in [0.15, 0.2) is 5.78 Å². The van der Waals surface area contributed by atoms with Gasteiger partial charge in [-0.3, -0.25) is 9.31 Å². The molecule has 0 aromatic carbocycles. The minimum atomic E-state index is -0.521. The van der Waals surface area contributed by atoms with Crippen LogP contribution in [0.4, 0.5) is 0 Å². The molecule has 0 N–H and O–H groups in total. The predicted molar refractivity (Wildman–Crippen MR) is 63.9 cm³/mol. The van der Waals surface area contributed by atoms with Crippen LogP contribution in [0.25, 0.3) is 0 Å². The molecule has 0 amide bonds. The van der Waals surface area contributed by atoms with Crippen LogP contribution < -0.4 is 0 Å². The second-order valence-electron chi connectivity index (χ2n) is 2.49. The van der Waals surface area contributed by atoms with Crippen LogP contribution in [0.5, 0.6) is 0 Å². The quantitative estimate of drug-likeness (QED) is 0.425. The maximum Gasteiger partial charge on any atom is 0.341 e. The summed E-state index contributed by atoms with van der Waals surface area (Å²) in [6.45, 7) is 2.01. The van der Waals surface area contributed by atoms with Gasteiger partial charge < -0.3 is 4.74 Å². The van der Waals surface area contributed by atoms with Gasteiger partial charge in [-0.05, 0) is 31.4 Å². The van der Waals surface area contributed by atoms with Gasteiger partial charge in [-0.1, -0.05) is 12.2 Å². The molecule has 0 bridgehead atoms. The standard InChI is InChI=1S/C9H10O3.H3NP2/c1-2-12-9(11)7-5-3-4-6-8(7)10;2-1-3/h3-5H,2,6H2,1H3;2H,3H2. The second kappa shape index (κ2) is 8.46. The Morgan fingerprint density at radius 3 is 2.80 bits per heavy atom. The Kier molecular flexibility index (Phi) is 7.98. The van der Waals surface area contributed by atoms with Crippen LogP contribution in [0, 0.1) is 0 Å². The molecule has 0 saturated heterocycles. The largest absolute Gasteiger partial charge is 0.462 e. The Labute approximate surface area is 93.3 Å². The van der Waals surface area contributed by atoms with Crippen LogP contribution in [0.1, 0.15) is 13.3 Å². The molecular formula is C9H13NO3P2. The molecule has 0 aromatic heterocycles. The zero-order chi connectivity index (χ0) is 11.7. The van der Waals surface area contributed by atoms with E-state index in [4.69, 9.17) is 0 Å². The Morgan fingerprint density at radius 1 is 1.73 bits per heavy atom. The summed E-state index contributed by atoms with van der Waals surface area (Å²) in [6, 6.07) is 0. The first-order valence-corrected chi connectivity index (χ1v) is 5.27. The highest BCUT2D eigenvalue weighted by Gasteiger charge is 2.18. The molecule has 4 nitrogen and oxygen atoms in total. The summed E-state index contributed by atoms with van der Waals surface area (Å²) in [6.07, 6.45) is 5.19. The number of carbonyl (C=O) groups excluding carboxylic acids is 2. The molecule has 82 valence electrons. The normalized spacial score (nSPS) is 13.5. The van der Waals surface area contributed by atoms with Gasteiger partial charge in [0.2, 0.25) is 0 Å². The maximum absolute atomic E-state index is 11.1. The van der Waals surface area contributed by atoms with Gasteiger partial charge in [-0.2, -0.15) is 0 Å². The van der Waals surface area contributed by atoms with Gasteiger partial charge in [0.25, 0.3) is 0 Å². The van der Waals surface area contributed by atoms with Crippen molar-refractivity contribution in [2.24, 2.45) is 4.52 Å². The van der Waals surface area contributed by atoms with Crippen molar-refractivity contribution in [3.05, 3.63) is 23.8 Å². The van der Waals surface area contributed by atoms with Crippen molar-refractivity contribution in [1.82, 2.24) is 0 Å². The Morgan fingerprint density at radius 2 is 2.33 bits per heavy atom. The number of hydrogen-bond acceptors (Lipinski definition) is 4. The molecule has 15 heavy (non-hydrogen) atoms. The summed E-state index contributed by atoms with van der Waals surface area (Å²) >= 11 is 0. The Hall–Kier alpha value is -0.850. The molecule has 0 fully saturated rings. The lowest BCUT2D eigenvalue weighted by Gasteiger charge is -2.05. The first-order valence-electron chi connectivity index (χ1n) is 4.31. The van der Waals surface area contributed by atoms with E-state index in [0.29, 0.717) is 13.0 Å². The first kappa shape index (κ1) is 14.2. The number of ketones is 1. The van der Waals surface area contributed by atoms with E-state index in [1.165, 1.54) is 6.08 Å². The van der Waals surface area contributed by atoms with Crippen LogP contribution in [0.3, 0.4) is 0 Å². The first-order chi connectivity index (χ1) is 7.17. The van der Waals surface area contributed by atoms with E-state index in [9.17, 15) is 9.59 Å². The highest BCUT2D eigenvalue weighted by molar-refractivity contribution is 7.23. The fourth-order valence-corrected chi connectivity index (χ4v) is 0.933. The number of rotatable bonds is 2. The van der Waals surface area contributed by atoms with Gasteiger partial charge in [0, 0.05) is 6.42 Å². The lowest BCUT2D eigenvalue weighted by Crippen LogP contribution is -2.16. The fourth-order valence-electron chi connectivity index (χ4n) is 0.933. The van der Waals surface area contributed by atoms with E-state index < -0.39 is 5.97 Å². The van der Waals surface area contributed by atoms with Crippen LogP contribution in [-0.4, -0.2) is 18.4 Å². The second-order valence-corrected chi connectivity index (χ2v) is 3.52. The number of esters is 1. The predicted octanol–water partition coefficient (Wildman–Crippen LogP) is 2.11. The zero-order valence-electron chi connectivity index (χ0n) is 8.40. The maximum atomic E-state index is 11.1. The van der Waals surface area contributed by atoms with Crippen molar-refractivity contribution >= 4 is 30.2 Å². The molecule has 0 saturated carbocycles. The molecule has 0 spiro atoms. The van der Waals surface area contributed by atoms with E-state index in [0.717, 1.165) is 0 Å². The van der Waals surface area contributed by atoms with Crippen LogP contribution >= 0.6 is 18.4 Å². The van der Waals surface area contributed by atoms with Crippen molar-refractivity contribution in [1.29, 1.82) is 0 Å². The molecule has 0 aliphatic heterocycles. The Balaban J connectivity index is 0.000000583. The van der Waals surface area contributed by atoms with Gasteiger partial charge >= 0.3 is 5.97 Å². The summed E-state index contributed by atoms with van der Waals surface area (Å²) in [7, 11) is 4.89. The van der Waals surface area contributed by atoms with Crippen molar-refractivity contribution in [3.8, 4) is 0 Å². The van der Waals surface area contributed by atoms with E-state index in [-0.39, 0.29) is 11.4 Å². The van der Waals surface area contributed by atoms with E-state index in [1.54, 1.807) is 19.1 Å². The number of Topliss-reactive ketones (excluding diaryl/α,β-unsaturated/α-hetero) is 1. The molecule has 1 aliphatic carbocycles. The molecule has 0 radical (unpaired) electrons. The van der Waals surface area contributed by atoms with Gasteiger partial charge in [-0.15, -0.1) is 0 Å². The fraction of sp³-hybridized carbons (Fsp3) is 0.333. The number of ether oxygens (including phenoxy) is 1. The van der Waals surface area contributed by atoms with E-state index >= 15 is 0 Å². The zero-order valence-corrected chi connectivity index (χ0v) is 10.6.